The summed E-state index contributed by atoms with van der Waals surface area (Å²) < 4.78 is 5.38. The lowest BCUT2D eigenvalue weighted by Gasteiger charge is -2.27. The fourth-order valence-electron chi connectivity index (χ4n) is 2.41. The third kappa shape index (κ3) is 6.46. The first kappa shape index (κ1) is 23.6. The second kappa shape index (κ2) is 10.0. The van der Waals surface area contributed by atoms with E-state index in [0.717, 1.165) is 15.1 Å². The summed E-state index contributed by atoms with van der Waals surface area (Å²) in [6.07, 6.45) is 7.01. The summed E-state index contributed by atoms with van der Waals surface area (Å²) >= 11 is 9.62. The number of rotatable bonds is 7. The van der Waals surface area contributed by atoms with Gasteiger partial charge in [-0.2, -0.15) is 4.98 Å². The molecule has 0 saturated carbocycles. The molecule has 0 aliphatic heterocycles. The summed E-state index contributed by atoms with van der Waals surface area (Å²) in [5.41, 5.74) is 0.640. The minimum absolute atomic E-state index is 0.203. The number of benzene rings is 1. The summed E-state index contributed by atoms with van der Waals surface area (Å²) in [4.78, 5) is 14.0. The quantitative estimate of drug-likeness (QED) is 0.366. The molecule has 3 rings (SSSR count). The van der Waals surface area contributed by atoms with Crippen LogP contribution in [0.2, 0.25) is 5.02 Å². The Kier molecular flexibility index (Phi) is 7.64. The number of aromatic nitrogens is 3. The molecule has 0 radical (unpaired) electrons. The van der Waals surface area contributed by atoms with Gasteiger partial charge >= 0.3 is 0 Å². The molecule has 164 valence electrons. The highest BCUT2D eigenvalue weighted by Crippen LogP contribution is 2.27. The Balaban J connectivity index is 1.74. The van der Waals surface area contributed by atoms with E-state index >= 15 is 0 Å². The van der Waals surface area contributed by atoms with Gasteiger partial charge in [-0.05, 0) is 73.3 Å². The maximum Gasteiger partial charge on any atom is 0.229 e. The van der Waals surface area contributed by atoms with E-state index in [9.17, 15) is 5.11 Å². The Hall–Kier alpha value is -2.07. The van der Waals surface area contributed by atoms with Crippen LogP contribution in [-0.2, 0) is 10.7 Å². The van der Waals surface area contributed by atoms with Crippen molar-refractivity contribution in [3.63, 3.8) is 0 Å². The molecule has 2 aromatic heterocycles. The molecule has 0 saturated heterocycles. The summed E-state index contributed by atoms with van der Waals surface area (Å²) in [5, 5.41) is 17.2. The topological polar surface area (TPSA) is 95.3 Å². The van der Waals surface area contributed by atoms with Gasteiger partial charge in [-0.3, -0.25) is 4.98 Å². The smallest absolute Gasteiger partial charge is 0.229 e. The first-order valence-corrected chi connectivity index (χ1v) is 12.3. The van der Waals surface area contributed by atoms with E-state index in [1.807, 2.05) is 37.4 Å². The highest BCUT2D eigenvalue weighted by molar-refractivity contribution is 9.10. The molecule has 3 N–H and O–H groups in total. The van der Waals surface area contributed by atoms with Gasteiger partial charge in [-0.25, -0.2) is 9.35 Å². The lowest BCUT2D eigenvalue weighted by atomic mass is 10.0. The Morgan fingerprint density at radius 1 is 1.19 bits per heavy atom. The third-order valence-electron chi connectivity index (χ3n) is 4.59. The van der Waals surface area contributed by atoms with Crippen molar-refractivity contribution in [3.8, 4) is 0 Å². The van der Waals surface area contributed by atoms with Crippen LogP contribution in [0.15, 0.2) is 62.7 Å². The first-order valence-electron chi connectivity index (χ1n) is 9.49. The Bertz CT molecular complexity index is 1090. The van der Waals surface area contributed by atoms with E-state index in [1.165, 1.54) is 0 Å². The van der Waals surface area contributed by atoms with Crippen LogP contribution in [-0.4, -0.2) is 38.0 Å². The Morgan fingerprint density at radius 3 is 2.55 bits per heavy atom. The zero-order valence-corrected chi connectivity index (χ0v) is 20.8. The van der Waals surface area contributed by atoms with Crippen molar-refractivity contribution in [2.45, 2.75) is 37.3 Å². The van der Waals surface area contributed by atoms with Crippen molar-refractivity contribution in [2.75, 3.05) is 16.9 Å². The minimum Gasteiger partial charge on any atom is -0.388 e. The molecule has 3 aromatic rings. The lowest BCUT2D eigenvalue weighted by molar-refractivity contribution is 0.0647. The van der Waals surface area contributed by atoms with Crippen LogP contribution in [0.1, 0.15) is 20.8 Å². The number of nitrogens with one attached hydrogen (secondary N) is 2. The van der Waals surface area contributed by atoms with Crippen molar-refractivity contribution in [1.29, 1.82) is 0 Å². The molecule has 0 amide bonds. The van der Waals surface area contributed by atoms with Gasteiger partial charge in [-0.1, -0.05) is 22.3 Å². The van der Waals surface area contributed by atoms with Crippen LogP contribution in [0.5, 0.6) is 0 Å². The van der Waals surface area contributed by atoms with Crippen molar-refractivity contribution in [2.24, 2.45) is 4.36 Å². The molecular weight excluding hydrogens is 500 g/mol. The first-order chi connectivity index (χ1) is 14.6. The Labute approximate surface area is 197 Å². The van der Waals surface area contributed by atoms with Crippen LogP contribution in [0.4, 0.5) is 23.1 Å². The van der Waals surface area contributed by atoms with Gasteiger partial charge < -0.3 is 15.7 Å². The van der Waals surface area contributed by atoms with Gasteiger partial charge in [0, 0.05) is 23.0 Å². The van der Waals surface area contributed by atoms with Gasteiger partial charge in [0.25, 0.3) is 0 Å². The van der Waals surface area contributed by atoms with Gasteiger partial charge in [-0.15, -0.1) is 0 Å². The van der Waals surface area contributed by atoms with E-state index in [-0.39, 0.29) is 16.7 Å². The van der Waals surface area contributed by atoms with Gasteiger partial charge in [0.2, 0.25) is 5.95 Å². The van der Waals surface area contributed by atoms with Crippen molar-refractivity contribution >= 4 is 61.4 Å². The zero-order chi connectivity index (χ0) is 22.6. The highest BCUT2D eigenvalue weighted by Gasteiger charge is 2.23. The minimum atomic E-state index is -0.892. The molecule has 10 heteroatoms. The van der Waals surface area contributed by atoms with Crippen LogP contribution in [0, 0.1) is 0 Å². The predicted octanol–water partition coefficient (Wildman–Crippen LogP) is 5.72. The summed E-state index contributed by atoms with van der Waals surface area (Å²) in [6, 6.07) is 9.45. The average molecular weight is 524 g/mol. The fourth-order valence-corrected chi connectivity index (χ4v) is 3.99. The van der Waals surface area contributed by atoms with Crippen molar-refractivity contribution < 1.29 is 5.11 Å². The average Bonchev–Trinajstić information content (AvgIpc) is 2.72. The van der Waals surface area contributed by atoms with Crippen LogP contribution in [0.25, 0.3) is 0 Å². The summed E-state index contributed by atoms with van der Waals surface area (Å²) in [6.45, 7) is 5.39. The number of aliphatic hydroxyl groups is 1. The number of anilines is 3. The second-order valence-corrected chi connectivity index (χ2v) is 10.3. The predicted molar refractivity (Wildman–Crippen MR) is 132 cm³/mol. The molecule has 31 heavy (non-hydrogen) atoms. The van der Waals surface area contributed by atoms with Gasteiger partial charge in [0.15, 0.2) is 0 Å². The SMILES string of the molecule is C[C@@H](Nc1nc(Nc2ccc(S(C)=Nc3cnccc3Cl)cc2)ncc1Br)C(C)(C)O. The molecule has 0 spiro atoms. The fraction of sp³-hybridized carbons (Fsp3) is 0.286. The van der Waals surface area contributed by atoms with Crippen LogP contribution >= 0.6 is 27.5 Å². The van der Waals surface area contributed by atoms with E-state index in [4.69, 9.17) is 11.6 Å². The molecular formula is C21H24BrClN6OS. The van der Waals surface area contributed by atoms with Crippen LogP contribution < -0.4 is 10.6 Å². The second-order valence-electron chi connectivity index (χ2n) is 7.46. The molecule has 0 aliphatic carbocycles. The van der Waals surface area contributed by atoms with Gasteiger partial charge in [0.05, 0.1) is 27.3 Å². The number of hydrogen-bond donors (Lipinski definition) is 3. The maximum absolute atomic E-state index is 10.2. The van der Waals surface area contributed by atoms with E-state index in [1.54, 1.807) is 38.5 Å². The van der Waals surface area contributed by atoms with E-state index in [2.05, 4.69) is 45.9 Å². The largest absolute Gasteiger partial charge is 0.388 e. The molecule has 2 heterocycles. The normalized spacial score (nSPS) is 13.6. The molecule has 1 unspecified atom stereocenters. The van der Waals surface area contributed by atoms with Crippen molar-refractivity contribution in [3.05, 3.63) is 58.4 Å². The maximum atomic E-state index is 10.2. The Morgan fingerprint density at radius 2 is 1.90 bits per heavy atom. The molecule has 2 atom stereocenters. The number of hydrogen-bond acceptors (Lipinski definition) is 7. The number of nitrogens with zero attached hydrogens (tertiary/aromatic N) is 4. The standard InChI is InChI=1S/C21H24BrClN6OS/c1-13(21(2,3)30)26-19-16(22)11-25-20(28-19)27-14-5-7-15(8-6-14)31(4)29-18-12-24-10-9-17(18)23/h5-13,30H,1-4H3,(H2,25,26,27,28)/t13-,31?/m1/s1. The van der Waals surface area contributed by atoms with Gasteiger partial charge in [0.1, 0.15) is 11.5 Å². The van der Waals surface area contributed by atoms with Crippen LogP contribution in [0.3, 0.4) is 0 Å². The molecule has 0 bridgehead atoms. The molecule has 0 fully saturated rings. The van der Waals surface area contributed by atoms with Crippen molar-refractivity contribution in [1.82, 2.24) is 15.0 Å². The molecule has 7 nitrogen and oxygen atoms in total. The van der Waals surface area contributed by atoms with E-state index < -0.39 is 5.60 Å². The summed E-state index contributed by atoms with van der Waals surface area (Å²) in [5.74, 6) is 1.05. The highest BCUT2D eigenvalue weighted by atomic mass is 79.9. The zero-order valence-electron chi connectivity index (χ0n) is 17.6. The summed E-state index contributed by atoms with van der Waals surface area (Å²) in [7, 11) is -0.370. The lowest BCUT2D eigenvalue weighted by Crippen LogP contribution is -2.39. The van der Waals surface area contributed by atoms with E-state index in [0.29, 0.717) is 22.5 Å². The third-order valence-corrected chi connectivity index (χ3v) is 6.92. The monoisotopic (exact) mass is 522 g/mol. The molecule has 0 aliphatic rings. The number of pyridine rings is 1. The number of halogens is 2. The molecule has 1 aromatic carbocycles.